The minimum Gasteiger partial charge on any atom is -0.354 e. The topological polar surface area (TPSA) is 97.1 Å². The summed E-state index contributed by atoms with van der Waals surface area (Å²) in [5.41, 5.74) is 0. The van der Waals surface area contributed by atoms with Gasteiger partial charge in [-0.2, -0.15) is 4.98 Å². The van der Waals surface area contributed by atoms with Crippen molar-refractivity contribution in [2.75, 3.05) is 6.54 Å². The average Bonchev–Trinajstić information content (AvgIpc) is 2.71. The second-order valence-electron chi connectivity index (χ2n) is 5.00. The molecule has 1 aliphatic heterocycles. The molecular formula is C13H20N4O3. The van der Waals surface area contributed by atoms with E-state index in [1.165, 1.54) is 0 Å². The molecule has 110 valence electrons. The molecule has 0 aromatic carbocycles. The van der Waals surface area contributed by atoms with Gasteiger partial charge in [0, 0.05) is 19.4 Å². The molecule has 7 heteroatoms. The summed E-state index contributed by atoms with van der Waals surface area (Å²) in [6, 6.07) is -0.393. The first-order valence-electron chi connectivity index (χ1n) is 7.01. The SMILES string of the molecule is Cc1noc(CCCC(=O)N[C@H]2CCCCNC2=O)n1. The fourth-order valence-electron chi connectivity index (χ4n) is 2.19. The first-order valence-corrected chi connectivity index (χ1v) is 7.01. The van der Waals surface area contributed by atoms with Gasteiger partial charge in [0.25, 0.3) is 0 Å². The Balaban J connectivity index is 1.70. The van der Waals surface area contributed by atoms with Gasteiger partial charge in [-0.25, -0.2) is 0 Å². The van der Waals surface area contributed by atoms with Crippen LogP contribution in [0.3, 0.4) is 0 Å². The van der Waals surface area contributed by atoms with Crippen molar-refractivity contribution < 1.29 is 14.1 Å². The Morgan fingerprint density at radius 3 is 3.10 bits per heavy atom. The Bertz CT molecular complexity index is 472. The molecule has 7 nitrogen and oxygen atoms in total. The van der Waals surface area contributed by atoms with E-state index in [0.717, 1.165) is 12.8 Å². The molecule has 1 aromatic heterocycles. The summed E-state index contributed by atoms with van der Waals surface area (Å²) in [6.45, 7) is 2.45. The molecule has 0 bridgehead atoms. The van der Waals surface area contributed by atoms with Gasteiger partial charge in [-0.15, -0.1) is 0 Å². The highest BCUT2D eigenvalue weighted by Gasteiger charge is 2.22. The number of hydrogen-bond acceptors (Lipinski definition) is 5. The number of hydrogen-bond donors (Lipinski definition) is 2. The smallest absolute Gasteiger partial charge is 0.242 e. The standard InChI is InChI=1S/C13H20N4O3/c1-9-15-12(20-17-9)7-4-6-11(18)16-10-5-2-3-8-14-13(10)19/h10H,2-8H2,1H3,(H,14,19)(H,16,18)/t10-/m0/s1. The molecular weight excluding hydrogens is 260 g/mol. The monoisotopic (exact) mass is 280 g/mol. The third kappa shape index (κ3) is 4.32. The van der Waals surface area contributed by atoms with Gasteiger partial charge in [0.15, 0.2) is 5.82 Å². The lowest BCUT2D eigenvalue weighted by Gasteiger charge is -2.14. The summed E-state index contributed by atoms with van der Waals surface area (Å²) in [6.07, 6.45) is 4.18. The van der Waals surface area contributed by atoms with Crippen LogP contribution in [-0.4, -0.2) is 34.5 Å². The van der Waals surface area contributed by atoms with Gasteiger partial charge in [-0.05, 0) is 32.6 Å². The number of aryl methyl sites for hydroxylation is 2. The van der Waals surface area contributed by atoms with Crippen molar-refractivity contribution in [1.82, 2.24) is 20.8 Å². The van der Waals surface area contributed by atoms with E-state index in [2.05, 4.69) is 20.8 Å². The van der Waals surface area contributed by atoms with Crippen molar-refractivity contribution in [1.29, 1.82) is 0 Å². The van der Waals surface area contributed by atoms with Gasteiger partial charge >= 0.3 is 0 Å². The van der Waals surface area contributed by atoms with Gasteiger partial charge in [-0.3, -0.25) is 9.59 Å². The van der Waals surface area contributed by atoms with Crippen LogP contribution in [0.1, 0.15) is 43.8 Å². The Hall–Kier alpha value is -1.92. The quantitative estimate of drug-likeness (QED) is 0.818. The van der Waals surface area contributed by atoms with Crippen molar-refractivity contribution in [3.05, 3.63) is 11.7 Å². The largest absolute Gasteiger partial charge is 0.354 e. The Morgan fingerprint density at radius 2 is 2.35 bits per heavy atom. The Morgan fingerprint density at radius 1 is 1.50 bits per heavy atom. The number of nitrogens with one attached hydrogen (secondary N) is 2. The maximum Gasteiger partial charge on any atom is 0.242 e. The zero-order valence-electron chi connectivity index (χ0n) is 11.6. The highest BCUT2D eigenvalue weighted by molar-refractivity contribution is 5.87. The van der Waals surface area contributed by atoms with Crippen molar-refractivity contribution in [2.24, 2.45) is 0 Å². The lowest BCUT2D eigenvalue weighted by molar-refractivity contribution is -0.128. The minimum absolute atomic E-state index is 0.0802. The summed E-state index contributed by atoms with van der Waals surface area (Å²) in [5.74, 6) is 0.953. The summed E-state index contributed by atoms with van der Waals surface area (Å²) in [5, 5.41) is 9.27. The van der Waals surface area contributed by atoms with Crippen LogP contribution in [0, 0.1) is 6.92 Å². The van der Waals surface area contributed by atoms with Crippen LogP contribution < -0.4 is 10.6 Å². The van der Waals surface area contributed by atoms with Crippen LogP contribution >= 0.6 is 0 Å². The van der Waals surface area contributed by atoms with E-state index in [1.807, 2.05) is 0 Å². The third-order valence-corrected chi connectivity index (χ3v) is 3.23. The maximum atomic E-state index is 11.8. The molecule has 1 saturated heterocycles. The predicted molar refractivity (Wildman–Crippen MR) is 70.8 cm³/mol. The molecule has 1 atom stereocenters. The van der Waals surface area contributed by atoms with Crippen LogP contribution in [0.5, 0.6) is 0 Å². The summed E-state index contributed by atoms with van der Waals surface area (Å²) in [7, 11) is 0. The van der Waals surface area contributed by atoms with E-state index >= 15 is 0 Å². The van der Waals surface area contributed by atoms with Gasteiger partial charge in [0.05, 0.1) is 0 Å². The molecule has 2 amide bonds. The average molecular weight is 280 g/mol. The normalized spacial score (nSPS) is 19.2. The fourth-order valence-corrected chi connectivity index (χ4v) is 2.19. The molecule has 1 aromatic rings. The zero-order valence-corrected chi connectivity index (χ0v) is 11.6. The first kappa shape index (κ1) is 14.5. The number of rotatable bonds is 5. The summed E-state index contributed by atoms with van der Waals surface area (Å²) >= 11 is 0. The molecule has 2 N–H and O–H groups in total. The molecule has 2 heterocycles. The number of carbonyl (C=O) groups is 2. The van der Waals surface area contributed by atoms with Crippen molar-refractivity contribution >= 4 is 11.8 Å². The van der Waals surface area contributed by atoms with E-state index in [9.17, 15) is 9.59 Å². The number of aromatic nitrogens is 2. The molecule has 1 fully saturated rings. The van der Waals surface area contributed by atoms with E-state index in [-0.39, 0.29) is 11.8 Å². The molecule has 1 aliphatic rings. The van der Waals surface area contributed by atoms with Gasteiger partial charge in [-0.1, -0.05) is 5.16 Å². The second kappa shape index (κ2) is 7.02. The Labute approximate surface area is 117 Å². The van der Waals surface area contributed by atoms with E-state index in [0.29, 0.717) is 43.9 Å². The second-order valence-corrected chi connectivity index (χ2v) is 5.00. The molecule has 0 aliphatic carbocycles. The summed E-state index contributed by atoms with van der Waals surface area (Å²) in [4.78, 5) is 27.6. The predicted octanol–water partition coefficient (Wildman–Crippen LogP) is 0.486. The van der Waals surface area contributed by atoms with Gasteiger partial charge < -0.3 is 15.2 Å². The fraction of sp³-hybridized carbons (Fsp3) is 0.692. The molecule has 20 heavy (non-hydrogen) atoms. The van der Waals surface area contributed by atoms with Crippen molar-refractivity contribution in [3.63, 3.8) is 0 Å². The van der Waals surface area contributed by atoms with Crippen LogP contribution in [0.15, 0.2) is 4.52 Å². The van der Waals surface area contributed by atoms with E-state index in [1.54, 1.807) is 6.92 Å². The lowest BCUT2D eigenvalue weighted by Crippen LogP contribution is -2.45. The molecule has 0 spiro atoms. The molecule has 2 rings (SSSR count). The zero-order chi connectivity index (χ0) is 14.4. The van der Waals surface area contributed by atoms with Gasteiger partial charge in [0.1, 0.15) is 6.04 Å². The highest BCUT2D eigenvalue weighted by atomic mass is 16.5. The first-order chi connectivity index (χ1) is 9.65. The van der Waals surface area contributed by atoms with Crippen LogP contribution in [0.2, 0.25) is 0 Å². The number of nitrogens with zero attached hydrogens (tertiary/aromatic N) is 2. The van der Waals surface area contributed by atoms with E-state index < -0.39 is 6.04 Å². The molecule has 0 unspecified atom stereocenters. The molecule has 0 radical (unpaired) electrons. The number of amides is 2. The Kier molecular flexibility index (Phi) is 5.09. The van der Waals surface area contributed by atoms with Crippen LogP contribution in [0.4, 0.5) is 0 Å². The highest BCUT2D eigenvalue weighted by Crippen LogP contribution is 2.07. The minimum atomic E-state index is -0.393. The lowest BCUT2D eigenvalue weighted by atomic mass is 10.1. The van der Waals surface area contributed by atoms with Crippen molar-refractivity contribution in [3.8, 4) is 0 Å². The van der Waals surface area contributed by atoms with Gasteiger partial charge in [0.2, 0.25) is 17.7 Å². The third-order valence-electron chi connectivity index (χ3n) is 3.23. The molecule has 0 saturated carbocycles. The van der Waals surface area contributed by atoms with Crippen LogP contribution in [-0.2, 0) is 16.0 Å². The van der Waals surface area contributed by atoms with Crippen molar-refractivity contribution in [2.45, 2.75) is 51.5 Å². The van der Waals surface area contributed by atoms with E-state index in [4.69, 9.17) is 4.52 Å². The number of carbonyl (C=O) groups excluding carboxylic acids is 2. The maximum absolute atomic E-state index is 11.8. The van der Waals surface area contributed by atoms with Crippen LogP contribution in [0.25, 0.3) is 0 Å². The summed E-state index contributed by atoms with van der Waals surface area (Å²) < 4.78 is 4.97.